The molecule has 0 atom stereocenters. The Morgan fingerprint density at radius 2 is 1.84 bits per heavy atom. The number of ether oxygens (including phenoxy) is 3. The Balaban J connectivity index is 1.65. The van der Waals surface area contributed by atoms with Crippen LogP contribution < -0.4 is 4.74 Å². The summed E-state index contributed by atoms with van der Waals surface area (Å²) in [7, 11) is 1.41. The van der Waals surface area contributed by atoms with Crippen molar-refractivity contribution in [3.63, 3.8) is 0 Å². The van der Waals surface area contributed by atoms with Gasteiger partial charge in [-0.25, -0.2) is 4.79 Å². The van der Waals surface area contributed by atoms with Gasteiger partial charge in [-0.2, -0.15) is 18.3 Å². The van der Waals surface area contributed by atoms with E-state index >= 15 is 0 Å². The molecule has 0 unspecified atom stereocenters. The summed E-state index contributed by atoms with van der Waals surface area (Å²) in [6, 6.07) is 3.39. The minimum Gasteiger partial charge on any atom is -0.467 e. The van der Waals surface area contributed by atoms with Crippen molar-refractivity contribution < 1.29 is 32.2 Å². The average molecular weight is 520 g/mol. The number of carbonyl (C=O) groups excluding carboxylic acids is 1. The van der Waals surface area contributed by atoms with E-state index in [2.05, 4.69) is 10.2 Å². The van der Waals surface area contributed by atoms with E-state index < -0.39 is 17.3 Å². The Hall–Kier alpha value is -3.14. The average Bonchev–Trinajstić information content (AvgIpc) is 3.32. The lowest BCUT2D eigenvalue weighted by atomic mass is 9.98. The summed E-state index contributed by atoms with van der Waals surface area (Å²) in [5.74, 6) is 0.0477. The zero-order chi connectivity index (χ0) is 26.8. The molecular weight excluding hydrogens is 487 g/mol. The molecular formula is C27H32F3N3O4. The highest BCUT2D eigenvalue weighted by molar-refractivity contribution is 5.74. The van der Waals surface area contributed by atoms with Gasteiger partial charge in [-0.05, 0) is 93.9 Å². The Morgan fingerprint density at radius 1 is 1.08 bits per heavy atom. The maximum atomic E-state index is 13.3. The number of amides is 1. The smallest absolute Gasteiger partial charge is 0.416 e. The van der Waals surface area contributed by atoms with Crippen molar-refractivity contribution >= 4 is 12.2 Å². The molecule has 7 nitrogen and oxygen atoms in total. The molecule has 2 aliphatic rings. The molecule has 0 spiro atoms. The van der Waals surface area contributed by atoms with Crippen molar-refractivity contribution in [3.8, 4) is 17.0 Å². The molecule has 37 heavy (non-hydrogen) atoms. The SMILES string of the molecule is COCOc1cc(C(F)(F)F)ccc1-c1nnc(/C=C2/CCCN(C(=O)OC(C)(C)C)C2)c2c1CCC2. The van der Waals surface area contributed by atoms with Gasteiger partial charge in [0.25, 0.3) is 0 Å². The Labute approximate surface area is 214 Å². The number of halogens is 3. The number of alkyl halides is 3. The van der Waals surface area contributed by atoms with Crippen molar-refractivity contribution in [3.05, 3.63) is 46.2 Å². The number of carbonyl (C=O) groups is 1. The van der Waals surface area contributed by atoms with E-state index in [0.29, 0.717) is 24.3 Å². The van der Waals surface area contributed by atoms with Crippen LogP contribution in [0.5, 0.6) is 5.75 Å². The van der Waals surface area contributed by atoms with Crippen molar-refractivity contribution in [1.82, 2.24) is 15.1 Å². The van der Waals surface area contributed by atoms with Gasteiger partial charge < -0.3 is 19.1 Å². The fraction of sp³-hybridized carbons (Fsp3) is 0.519. The Morgan fingerprint density at radius 3 is 2.54 bits per heavy atom. The summed E-state index contributed by atoms with van der Waals surface area (Å²) in [4.78, 5) is 14.2. The van der Waals surface area contributed by atoms with E-state index in [-0.39, 0.29) is 18.6 Å². The summed E-state index contributed by atoms with van der Waals surface area (Å²) < 4.78 is 55.9. The fourth-order valence-corrected chi connectivity index (χ4v) is 4.67. The van der Waals surface area contributed by atoms with Crippen molar-refractivity contribution in [1.29, 1.82) is 0 Å². The maximum Gasteiger partial charge on any atom is 0.416 e. The highest BCUT2D eigenvalue weighted by atomic mass is 19.4. The van der Waals surface area contributed by atoms with Gasteiger partial charge in [-0.1, -0.05) is 0 Å². The summed E-state index contributed by atoms with van der Waals surface area (Å²) in [5.41, 5.74) is 3.39. The second-order valence-electron chi connectivity index (χ2n) is 10.3. The standard InChI is InChI=1S/C27H32F3N3O4/c1-26(2,3)37-25(34)33-12-6-7-17(15-33)13-22-19-8-5-9-20(19)24(32-31-22)21-11-10-18(27(28,29)30)14-23(21)36-16-35-4/h10-11,13-14H,5-9,12,15-16H2,1-4H3/b17-13-. The molecule has 0 radical (unpaired) electrons. The third kappa shape index (κ3) is 6.41. The normalized spacial score (nSPS) is 17.2. The molecule has 4 rings (SSSR count). The molecule has 2 aromatic rings. The first-order chi connectivity index (χ1) is 17.5. The number of methoxy groups -OCH3 is 1. The van der Waals surface area contributed by atoms with Crippen LogP contribution in [-0.2, 0) is 28.5 Å². The number of fused-ring (bicyclic) bond motifs is 1. The Bertz CT molecular complexity index is 1190. The van der Waals surface area contributed by atoms with Crippen LogP contribution in [0, 0.1) is 0 Å². The molecule has 10 heteroatoms. The monoisotopic (exact) mass is 519 g/mol. The molecule has 0 N–H and O–H groups in total. The molecule has 1 aliphatic heterocycles. The van der Waals surface area contributed by atoms with Gasteiger partial charge in [-0.3, -0.25) is 0 Å². The van der Waals surface area contributed by atoms with Crippen molar-refractivity contribution in [2.24, 2.45) is 0 Å². The summed E-state index contributed by atoms with van der Waals surface area (Å²) >= 11 is 0. The van der Waals surface area contributed by atoms with Crippen LogP contribution in [0.3, 0.4) is 0 Å². The first-order valence-corrected chi connectivity index (χ1v) is 12.4. The quantitative estimate of drug-likeness (QED) is 0.448. The van der Waals surface area contributed by atoms with Crippen LogP contribution in [0.25, 0.3) is 17.3 Å². The molecule has 1 aromatic heterocycles. The molecule has 1 aromatic carbocycles. The van der Waals surface area contributed by atoms with Gasteiger partial charge in [0, 0.05) is 25.8 Å². The fourth-order valence-electron chi connectivity index (χ4n) is 4.67. The minimum absolute atomic E-state index is 0.0477. The zero-order valence-electron chi connectivity index (χ0n) is 21.6. The van der Waals surface area contributed by atoms with Crippen molar-refractivity contribution in [2.45, 2.75) is 64.7 Å². The van der Waals surface area contributed by atoms with Gasteiger partial charge >= 0.3 is 12.3 Å². The number of hydrogen-bond acceptors (Lipinski definition) is 6. The first kappa shape index (κ1) is 26.9. The van der Waals surface area contributed by atoms with E-state index in [4.69, 9.17) is 14.2 Å². The maximum absolute atomic E-state index is 13.3. The van der Waals surface area contributed by atoms with E-state index in [1.807, 2.05) is 26.8 Å². The molecule has 0 bridgehead atoms. The lowest BCUT2D eigenvalue weighted by molar-refractivity contribution is -0.137. The lowest BCUT2D eigenvalue weighted by Gasteiger charge is -2.31. The number of likely N-dealkylation sites (tertiary alicyclic amines) is 1. The van der Waals surface area contributed by atoms with Crippen LogP contribution in [0.15, 0.2) is 23.8 Å². The summed E-state index contributed by atoms with van der Waals surface area (Å²) in [6.07, 6.45) is 1.25. The molecule has 2 heterocycles. The third-order valence-electron chi connectivity index (χ3n) is 6.28. The zero-order valence-corrected chi connectivity index (χ0v) is 21.6. The number of piperidine rings is 1. The van der Waals surface area contributed by atoms with Crippen molar-refractivity contribution in [2.75, 3.05) is 27.0 Å². The number of rotatable bonds is 5. The highest BCUT2D eigenvalue weighted by Crippen LogP contribution is 2.40. The predicted molar refractivity (Wildman–Crippen MR) is 132 cm³/mol. The van der Waals surface area contributed by atoms with E-state index in [9.17, 15) is 18.0 Å². The number of hydrogen-bond donors (Lipinski definition) is 0. The summed E-state index contributed by atoms with van der Waals surface area (Å²) in [6.45, 7) is 6.42. The molecule has 1 saturated heterocycles. The van der Waals surface area contributed by atoms with E-state index in [1.54, 1.807) is 4.90 Å². The second kappa shape index (κ2) is 10.7. The molecule has 0 saturated carbocycles. The van der Waals surface area contributed by atoms with E-state index in [1.165, 1.54) is 13.2 Å². The van der Waals surface area contributed by atoms with Gasteiger partial charge in [-0.15, -0.1) is 5.10 Å². The number of aromatic nitrogens is 2. The lowest BCUT2D eigenvalue weighted by Crippen LogP contribution is -2.40. The van der Waals surface area contributed by atoms with Crippen LogP contribution >= 0.6 is 0 Å². The largest absolute Gasteiger partial charge is 0.467 e. The Kier molecular flexibility index (Phi) is 7.77. The van der Waals surface area contributed by atoms with Gasteiger partial charge in [0.2, 0.25) is 0 Å². The number of benzene rings is 1. The first-order valence-electron chi connectivity index (χ1n) is 12.4. The predicted octanol–water partition coefficient (Wildman–Crippen LogP) is 6.05. The molecule has 1 fully saturated rings. The highest BCUT2D eigenvalue weighted by Gasteiger charge is 2.32. The van der Waals surface area contributed by atoms with Gasteiger partial charge in [0.15, 0.2) is 6.79 Å². The molecule has 200 valence electrons. The number of nitrogens with zero attached hydrogens (tertiary/aromatic N) is 3. The topological polar surface area (TPSA) is 73.8 Å². The van der Waals surface area contributed by atoms with Crippen LogP contribution in [0.1, 0.15) is 62.4 Å². The summed E-state index contributed by atoms with van der Waals surface area (Å²) in [5, 5.41) is 8.92. The van der Waals surface area contributed by atoms with Gasteiger partial charge in [0.05, 0.1) is 11.3 Å². The molecule has 1 amide bonds. The van der Waals surface area contributed by atoms with Crippen LogP contribution in [-0.4, -0.2) is 53.8 Å². The van der Waals surface area contributed by atoms with Gasteiger partial charge in [0.1, 0.15) is 17.0 Å². The van der Waals surface area contributed by atoms with Crippen LogP contribution in [0.4, 0.5) is 18.0 Å². The van der Waals surface area contributed by atoms with Crippen LogP contribution in [0.2, 0.25) is 0 Å². The van der Waals surface area contributed by atoms with E-state index in [0.717, 1.165) is 66.6 Å². The third-order valence-corrected chi connectivity index (χ3v) is 6.28. The minimum atomic E-state index is -4.50. The second-order valence-corrected chi connectivity index (χ2v) is 10.3. The molecule has 1 aliphatic carbocycles.